The molecule has 2 rings (SSSR count). The van der Waals surface area contributed by atoms with Gasteiger partial charge in [0.1, 0.15) is 5.56 Å². The van der Waals surface area contributed by atoms with Gasteiger partial charge in [-0.3, -0.25) is 19.4 Å². The minimum absolute atomic E-state index is 0.0795. The van der Waals surface area contributed by atoms with Crippen LogP contribution in [0, 0.1) is 0 Å². The molecule has 0 aliphatic rings. The molecule has 0 unspecified atom stereocenters. The number of nitrogens with one attached hydrogen (secondary N) is 1. The zero-order valence-electron chi connectivity index (χ0n) is 11.7. The quantitative estimate of drug-likeness (QED) is 0.841. The molecule has 4 heteroatoms. The normalized spacial score (nSPS) is 11.6. The number of hydrogen-bond donors (Lipinski definition) is 1. The molecule has 0 aliphatic carbocycles. The molecule has 1 aromatic carbocycles. The second kappa shape index (κ2) is 4.53. The van der Waals surface area contributed by atoms with E-state index >= 15 is 0 Å². The molecule has 0 bridgehead atoms. The lowest BCUT2D eigenvalue weighted by Crippen LogP contribution is -2.14. The fourth-order valence-corrected chi connectivity index (χ4v) is 2.03. The lowest BCUT2D eigenvalue weighted by Gasteiger charge is -2.19. The number of H-pyrrole nitrogens is 1. The third kappa shape index (κ3) is 2.38. The van der Waals surface area contributed by atoms with E-state index in [0.29, 0.717) is 12.0 Å². The Labute approximate surface area is 112 Å². The van der Waals surface area contributed by atoms with Crippen molar-refractivity contribution < 1.29 is 4.79 Å². The summed E-state index contributed by atoms with van der Waals surface area (Å²) in [6, 6.07) is 7.90. The van der Waals surface area contributed by atoms with Crippen molar-refractivity contribution in [3.05, 3.63) is 45.7 Å². The van der Waals surface area contributed by atoms with Crippen LogP contribution in [0.3, 0.4) is 0 Å². The Balaban J connectivity index is 2.52. The maximum atomic E-state index is 11.7. The van der Waals surface area contributed by atoms with Gasteiger partial charge in [0.15, 0.2) is 6.29 Å². The molecule has 1 N–H and O–H groups in total. The highest BCUT2D eigenvalue weighted by atomic mass is 16.1. The molecular weight excluding hydrogens is 240 g/mol. The monoisotopic (exact) mass is 258 g/mol. The lowest BCUT2D eigenvalue weighted by atomic mass is 9.86. The van der Waals surface area contributed by atoms with Gasteiger partial charge in [-0.25, -0.2) is 0 Å². The molecule has 0 spiro atoms. The van der Waals surface area contributed by atoms with Crippen molar-refractivity contribution in [1.82, 2.24) is 9.78 Å². The third-order valence-electron chi connectivity index (χ3n) is 3.24. The van der Waals surface area contributed by atoms with E-state index in [1.54, 1.807) is 7.05 Å². The van der Waals surface area contributed by atoms with Crippen LogP contribution in [0.5, 0.6) is 0 Å². The van der Waals surface area contributed by atoms with Crippen molar-refractivity contribution in [2.45, 2.75) is 26.2 Å². The number of benzene rings is 1. The Morgan fingerprint density at radius 3 is 2.21 bits per heavy atom. The molecule has 1 heterocycles. The van der Waals surface area contributed by atoms with Gasteiger partial charge in [0, 0.05) is 12.6 Å². The molecule has 0 atom stereocenters. The minimum atomic E-state index is -0.301. The largest absolute Gasteiger partial charge is 0.298 e. The van der Waals surface area contributed by atoms with E-state index in [0.717, 1.165) is 5.56 Å². The number of aromatic amines is 1. The predicted octanol–water partition coefficient (Wildman–Crippen LogP) is 2.49. The maximum Gasteiger partial charge on any atom is 0.277 e. The topological polar surface area (TPSA) is 54.9 Å². The van der Waals surface area contributed by atoms with Gasteiger partial charge in [0.05, 0.1) is 5.69 Å². The maximum absolute atomic E-state index is 11.7. The Morgan fingerprint density at radius 2 is 1.74 bits per heavy atom. The number of carbonyl (C=O) groups is 1. The third-order valence-corrected chi connectivity index (χ3v) is 3.24. The second-order valence-electron chi connectivity index (χ2n) is 5.71. The molecule has 4 nitrogen and oxygen atoms in total. The number of aryl methyl sites for hydroxylation is 1. The van der Waals surface area contributed by atoms with Crippen LogP contribution in [0.1, 0.15) is 36.7 Å². The first kappa shape index (κ1) is 13.3. The molecule has 1 aromatic heterocycles. The molecule has 0 aliphatic heterocycles. The standard InChI is InChI=1S/C15H18N2O2/c1-15(2,3)11-7-5-10(6-8-11)13-12(9-18)14(19)17(4)16-13/h5-9,16H,1-4H3. The summed E-state index contributed by atoms with van der Waals surface area (Å²) in [5.41, 5.74) is 2.57. The second-order valence-corrected chi connectivity index (χ2v) is 5.71. The van der Waals surface area contributed by atoms with Crippen molar-refractivity contribution in [3.63, 3.8) is 0 Å². The van der Waals surface area contributed by atoms with E-state index in [9.17, 15) is 9.59 Å². The molecule has 0 amide bonds. The average Bonchev–Trinajstić information content (AvgIpc) is 2.64. The van der Waals surface area contributed by atoms with Crippen molar-refractivity contribution in [2.75, 3.05) is 0 Å². The number of aromatic nitrogens is 2. The number of nitrogens with zero attached hydrogens (tertiary/aromatic N) is 1. The van der Waals surface area contributed by atoms with Crippen molar-refractivity contribution >= 4 is 6.29 Å². The Morgan fingerprint density at radius 1 is 1.16 bits per heavy atom. The first-order valence-electron chi connectivity index (χ1n) is 6.19. The van der Waals surface area contributed by atoms with Gasteiger partial charge in [-0.05, 0) is 11.0 Å². The van der Waals surface area contributed by atoms with Crippen LogP contribution >= 0.6 is 0 Å². The first-order valence-corrected chi connectivity index (χ1v) is 6.19. The van der Waals surface area contributed by atoms with Gasteiger partial charge in [-0.2, -0.15) is 0 Å². The number of rotatable bonds is 2. The summed E-state index contributed by atoms with van der Waals surface area (Å²) in [6.07, 6.45) is 0.603. The average molecular weight is 258 g/mol. The summed E-state index contributed by atoms with van der Waals surface area (Å²) in [7, 11) is 1.60. The van der Waals surface area contributed by atoms with Crippen molar-refractivity contribution in [1.29, 1.82) is 0 Å². The van der Waals surface area contributed by atoms with Gasteiger partial charge in [0.2, 0.25) is 0 Å². The van der Waals surface area contributed by atoms with E-state index in [2.05, 4.69) is 25.9 Å². The van der Waals surface area contributed by atoms with Gasteiger partial charge in [-0.15, -0.1) is 0 Å². The summed E-state index contributed by atoms with van der Waals surface area (Å²) in [6.45, 7) is 6.43. The van der Waals surface area contributed by atoms with Crippen LogP contribution in [0.25, 0.3) is 11.3 Å². The number of carbonyl (C=O) groups excluding carboxylic acids is 1. The first-order chi connectivity index (χ1) is 8.84. The fraction of sp³-hybridized carbons (Fsp3) is 0.333. The summed E-state index contributed by atoms with van der Waals surface area (Å²) in [4.78, 5) is 22.7. The smallest absolute Gasteiger partial charge is 0.277 e. The Bertz CT molecular complexity index is 655. The van der Waals surface area contributed by atoms with E-state index in [1.807, 2.05) is 24.3 Å². The fourth-order valence-electron chi connectivity index (χ4n) is 2.03. The van der Waals surface area contributed by atoms with Crippen molar-refractivity contribution in [2.24, 2.45) is 7.05 Å². The van der Waals surface area contributed by atoms with Crippen molar-refractivity contribution in [3.8, 4) is 11.3 Å². The molecule has 0 radical (unpaired) electrons. The minimum Gasteiger partial charge on any atom is -0.298 e. The summed E-state index contributed by atoms with van der Waals surface area (Å²) >= 11 is 0. The zero-order chi connectivity index (χ0) is 14.2. The highest BCUT2D eigenvalue weighted by molar-refractivity contribution is 5.85. The summed E-state index contributed by atoms with van der Waals surface area (Å²) in [5, 5.41) is 2.91. The molecular formula is C15H18N2O2. The van der Waals surface area contributed by atoms with Gasteiger partial charge < -0.3 is 0 Å². The Hall–Kier alpha value is -2.10. The van der Waals surface area contributed by atoms with Gasteiger partial charge in [0.25, 0.3) is 5.56 Å². The van der Waals surface area contributed by atoms with Crippen LogP contribution in [0.2, 0.25) is 0 Å². The van der Waals surface area contributed by atoms with Gasteiger partial charge in [-0.1, -0.05) is 45.0 Å². The van der Waals surface area contributed by atoms with Crippen LogP contribution in [0.4, 0.5) is 0 Å². The van der Waals surface area contributed by atoms with Gasteiger partial charge >= 0.3 is 0 Å². The lowest BCUT2D eigenvalue weighted by molar-refractivity contribution is 0.112. The van der Waals surface area contributed by atoms with Crippen LogP contribution in [-0.4, -0.2) is 16.1 Å². The highest BCUT2D eigenvalue weighted by Gasteiger charge is 2.16. The SMILES string of the molecule is Cn1[nH]c(-c2ccc(C(C)(C)C)cc2)c(C=O)c1=O. The van der Waals surface area contributed by atoms with E-state index < -0.39 is 0 Å². The zero-order valence-corrected chi connectivity index (χ0v) is 11.7. The molecule has 0 saturated heterocycles. The summed E-state index contributed by atoms with van der Waals surface area (Å²) < 4.78 is 1.32. The molecule has 2 aromatic rings. The van der Waals surface area contributed by atoms with Crippen LogP contribution < -0.4 is 5.56 Å². The number of hydrogen-bond acceptors (Lipinski definition) is 2. The van der Waals surface area contributed by atoms with E-state index in [4.69, 9.17) is 0 Å². The highest BCUT2D eigenvalue weighted by Crippen LogP contribution is 2.25. The summed E-state index contributed by atoms with van der Waals surface area (Å²) in [5.74, 6) is 0. The number of aldehydes is 1. The molecule has 100 valence electrons. The predicted molar refractivity (Wildman–Crippen MR) is 75.6 cm³/mol. The Kier molecular flexibility index (Phi) is 3.18. The molecule has 0 fully saturated rings. The van der Waals surface area contributed by atoms with E-state index in [1.165, 1.54) is 10.2 Å². The van der Waals surface area contributed by atoms with E-state index in [-0.39, 0.29) is 16.5 Å². The molecule has 19 heavy (non-hydrogen) atoms. The molecule has 0 saturated carbocycles. The van der Waals surface area contributed by atoms with Crippen LogP contribution in [-0.2, 0) is 12.5 Å². The van der Waals surface area contributed by atoms with Crippen LogP contribution in [0.15, 0.2) is 29.1 Å².